The summed E-state index contributed by atoms with van der Waals surface area (Å²) in [7, 11) is -0.966. The normalized spacial score (nSPS) is 18.8. The average molecular weight is 358 g/mol. The first-order valence-corrected chi connectivity index (χ1v) is 8.32. The lowest BCUT2D eigenvalue weighted by Crippen LogP contribution is -2.61. The van der Waals surface area contributed by atoms with Crippen molar-refractivity contribution in [2.75, 3.05) is 26.4 Å². The summed E-state index contributed by atoms with van der Waals surface area (Å²) < 4.78 is 17.4. The zero-order valence-corrected chi connectivity index (χ0v) is 14.0. The van der Waals surface area contributed by atoms with Crippen molar-refractivity contribution in [1.29, 1.82) is 0 Å². The maximum absolute atomic E-state index is 9.76. The fourth-order valence-electron chi connectivity index (χ4n) is 3.50. The van der Waals surface area contributed by atoms with Crippen molar-refractivity contribution >= 4 is 34.5 Å². The Hall–Kier alpha value is -1.94. The standard InChI is InChI=1S/C18H19BO7/c20-8-17(9-21)18(10-22,11-23)26-19(25-17)12-5-6-16-14(7-12)13-3-1-2-4-15(13)24-16/h1-7,20-23H,8-11H2. The van der Waals surface area contributed by atoms with Gasteiger partial charge in [0.2, 0.25) is 0 Å². The summed E-state index contributed by atoms with van der Waals surface area (Å²) in [5.74, 6) is 0. The third-order valence-electron chi connectivity index (χ3n) is 5.19. The second-order valence-electron chi connectivity index (χ2n) is 6.54. The highest BCUT2D eigenvalue weighted by molar-refractivity contribution is 6.62. The Morgan fingerprint density at radius 2 is 1.31 bits per heavy atom. The highest BCUT2D eigenvalue weighted by Gasteiger charge is 2.62. The predicted octanol–water partition coefficient (Wildman–Crippen LogP) is -0.225. The van der Waals surface area contributed by atoms with Crippen molar-refractivity contribution in [3.63, 3.8) is 0 Å². The summed E-state index contributed by atoms with van der Waals surface area (Å²) >= 11 is 0. The van der Waals surface area contributed by atoms with E-state index < -0.39 is 44.7 Å². The Bertz CT molecular complexity index is 910. The lowest BCUT2D eigenvalue weighted by Gasteiger charge is -2.39. The molecule has 2 aromatic carbocycles. The number of hydrogen-bond donors (Lipinski definition) is 4. The smallest absolute Gasteiger partial charge is 0.456 e. The van der Waals surface area contributed by atoms with Crippen LogP contribution in [-0.2, 0) is 9.31 Å². The summed E-state index contributed by atoms with van der Waals surface area (Å²) in [6.45, 7) is -2.45. The molecule has 0 unspecified atom stereocenters. The quantitative estimate of drug-likeness (QED) is 0.466. The van der Waals surface area contributed by atoms with E-state index in [1.165, 1.54) is 0 Å². The van der Waals surface area contributed by atoms with Crippen LogP contribution in [0.25, 0.3) is 21.9 Å². The molecule has 4 rings (SSSR count). The Labute approximate surface area is 149 Å². The molecule has 4 N–H and O–H groups in total. The van der Waals surface area contributed by atoms with Crippen molar-refractivity contribution in [3.05, 3.63) is 42.5 Å². The maximum Gasteiger partial charge on any atom is 0.495 e. The van der Waals surface area contributed by atoms with Gasteiger partial charge in [-0.2, -0.15) is 0 Å². The number of fused-ring (bicyclic) bond motifs is 3. The lowest BCUT2D eigenvalue weighted by molar-refractivity contribution is -0.147. The van der Waals surface area contributed by atoms with E-state index in [-0.39, 0.29) is 0 Å². The van der Waals surface area contributed by atoms with Crippen LogP contribution in [-0.4, -0.2) is 65.2 Å². The molecular weight excluding hydrogens is 339 g/mol. The lowest BCUT2D eigenvalue weighted by atomic mass is 9.78. The Balaban J connectivity index is 1.79. The zero-order chi connectivity index (χ0) is 18.4. The van der Waals surface area contributed by atoms with Crippen LogP contribution in [0.5, 0.6) is 0 Å². The van der Waals surface area contributed by atoms with E-state index in [9.17, 15) is 20.4 Å². The first-order chi connectivity index (χ1) is 12.6. The highest BCUT2D eigenvalue weighted by atomic mass is 16.7. The third-order valence-corrected chi connectivity index (χ3v) is 5.19. The van der Waals surface area contributed by atoms with E-state index in [0.717, 1.165) is 16.4 Å². The van der Waals surface area contributed by atoms with Gasteiger partial charge in [-0.05, 0) is 17.6 Å². The summed E-state index contributed by atoms with van der Waals surface area (Å²) in [6.07, 6.45) is 0. The van der Waals surface area contributed by atoms with E-state index in [1.54, 1.807) is 12.1 Å². The molecule has 1 aliphatic heterocycles. The van der Waals surface area contributed by atoms with Gasteiger partial charge in [0.05, 0.1) is 26.4 Å². The molecular formula is C18H19BO7. The molecule has 1 aliphatic rings. The molecule has 2 heterocycles. The molecule has 3 aromatic rings. The summed E-state index contributed by atoms with van der Waals surface area (Å²) in [5, 5.41) is 40.8. The highest BCUT2D eigenvalue weighted by Crippen LogP contribution is 2.37. The van der Waals surface area contributed by atoms with Gasteiger partial charge in [0.1, 0.15) is 22.4 Å². The Kier molecular flexibility index (Phi) is 4.27. The van der Waals surface area contributed by atoms with Crippen molar-refractivity contribution in [1.82, 2.24) is 0 Å². The van der Waals surface area contributed by atoms with Gasteiger partial charge in [-0.1, -0.05) is 30.3 Å². The van der Waals surface area contributed by atoms with Crippen LogP contribution < -0.4 is 5.46 Å². The van der Waals surface area contributed by atoms with Gasteiger partial charge in [-0.25, -0.2) is 0 Å². The minimum Gasteiger partial charge on any atom is -0.456 e. The number of furan rings is 1. The molecule has 0 radical (unpaired) electrons. The largest absolute Gasteiger partial charge is 0.495 e. The van der Waals surface area contributed by atoms with Gasteiger partial charge < -0.3 is 34.2 Å². The van der Waals surface area contributed by atoms with Crippen LogP contribution in [0.15, 0.2) is 46.9 Å². The van der Waals surface area contributed by atoms with Gasteiger partial charge in [0.15, 0.2) is 0 Å². The molecule has 1 aromatic heterocycles. The first-order valence-electron chi connectivity index (χ1n) is 8.32. The Morgan fingerprint density at radius 3 is 1.92 bits per heavy atom. The number of hydrogen-bond acceptors (Lipinski definition) is 7. The van der Waals surface area contributed by atoms with E-state index in [2.05, 4.69) is 0 Å². The number of para-hydroxylation sites is 1. The molecule has 7 nitrogen and oxygen atoms in total. The topological polar surface area (TPSA) is 113 Å². The second-order valence-corrected chi connectivity index (χ2v) is 6.54. The SMILES string of the molecule is OCC1(CO)OB(c2ccc3oc4ccccc4c3c2)OC1(CO)CO. The molecule has 1 saturated heterocycles. The van der Waals surface area contributed by atoms with Gasteiger partial charge in [0.25, 0.3) is 0 Å². The van der Waals surface area contributed by atoms with Gasteiger partial charge in [-0.15, -0.1) is 0 Å². The molecule has 0 atom stereocenters. The minimum absolute atomic E-state index is 0.613. The van der Waals surface area contributed by atoms with Crippen molar-refractivity contribution in [3.8, 4) is 0 Å². The summed E-state index contributed by atoms with van der Waals surface area (Å²) in [6, 6.07) is 13.0. The van der Waals surface area contributed by atoms with E-state index in [0.29, 0.717) is 11.0 Å². The number of aliphatic hydroxyl groups excluding tert-OH is 4. The molecule has 0 aliphatic carbocycles. The molecule has 0 saturated carbocycles. The van der Waals surface area contributed by atoms with Crippen LogP contribution in [0.2, 0.25) is 0 Å². The minimum atomic E-state index is -1.62. The third kappa shape index (κ3) is 2.31. The Morgan fingerprint density at radius 1 is 0.731 bits per heavy atom. The van der Waals surface area contributed by atoms with E-state index in [1.807, 2.05) is 30.3 Å². The molecule has 8 heteroatoms. The zero-order valence-electron chi connectivity index (χ0n) is 14.0. The van der Waals surface area contributed by atoms with Crippen molar-refractivity contribution < 1.29 is 34.2 Å². The molecule has 1 fully saturated rings. The fraction of sp³-hybridized carbons (Fsp3) is 0.333. The molecule has 0 bridgehead atoms. The molecule has 136 valence electrons. The monoisotopic (exact) mass is 358 g/mol. The number of benzene rings is 2. The van der Waals surface area contributed by atoms with Crippen molar-refractivity contribution in [2.45, 2.75) is 11.2 Å². The van der Waals surface area contributed by atoms with Gasteiger partial charge >= 0.3 is 7.12 Å². The fourth-order valence-corrected chi connectivity index (χ4v) is 3.50. The first kappa shape index (κ1) is 17.5. The maximum atomic E-state index is 9.76. The molecule has 0 spiro atoms. The predicted molar refractivity (Wildman–Crippen MR) is 95.1 cm³/mol. The van der Waals surface area contributed by atoms with Crippen LogP contribution in [0, 0.1) is 0 Å². The summed E-state index contributed by atoms with van der Waals surface area (Å²) in [4.78, 5) is 0. The van der Waals surface area contributed by atoms with E-state index >= 15 is 0 Å². The summed E-state index contributed by atoms with van der Waals surface area (Å²) in [5.41, 5.74) is -1.14. The second kappa shape index (κ2) is 6.35. The van der Waals surface area contributed by atoms with E-state index in [4.69, 9.17) is 13.7 Å². The van der Waals surface area contributed by atoms with Crippen molar-refractivity contribution in [2.24, 2.45) is 0 Å². The molecule has 26 heavy (non-hydrogen) atoms. The van der Waals surface area contributed by atoms with Crippen LogP contribution in [0.1, 0.15) is 0 Å². The number of rotatable bonds is 5. The van der Waals surface area contributed by atoms with Gasteiger partial charge in [-0.3, -0.25) is 0 Å². The van der Waals surface area contributed by atoms with Crippen LogP contribution in [0.4, 0.5) is 0 Å². The van der Waals surface area contributed by atoms with Crippen LogP contribution in [0.3, 0.4) is 0 Å². The van der Waals surface area contributed by atoms with Crippen LogP contribution >= 0.6 is 0 Å². The number of aliphatic hydroxyl groups is 4. The van der Waals surface area contributed by atoms with Gasteiger partial charge in [0, 0.05) is 10.8 Å². The molecule has 0 amide bonds. The average Bonchev–Trinajstić information content (AvgIpc) is 3.23.